The molecule has 1 aromatic heterocycles. The molecule has 2 aromatic rings. The highest BCUT2D eigenvalue weighted by Gasteiger charge is 2.15. The largest absolute Gasteiger partial charge is 0.478 e. The van der Waals surface area contributed by atoms with Crippen molar-refractivity contribution in [2.75, 3.05) is 7.11 Å². The molecule has 3 nitrogen and oxygen atoms in total. The minimum absolute atomic E-state index is 0.311. The molecule has 0 aliphatic heterocycles. The summed E-state index contributed by atoms with van der Waals surface area (Å²) in [5.41, 5.74) is 0.883. The van der Waals surface area contributed by atoms with Gasteiger partial charge in [0.25, 0.3) is 5.88 Å². The average Bonchev–Trinajstić information content (AvgIpc) is 2.61. The molecule has 1 aromatic carbocycles. The zero-order valence-electron chi connectivity index (χ0n) is 7.53. The molecule has 0 spiro atoms. The fourth-order valence-electron chi connectivity index (χ4n) is 1.16. The molecule has 4 heteroatoms. The van der Waals surface area contributed by atoms with Crippen LogP contribution in [-0.4, -0.2) is 12.3 Å². The van der Waals surface area contributed by atoms with Crippen molar-refractivity contribution in [3.8, 4) is 17.2 Å². The number of halogens is 1. The van der Waals surface area contributed by atoms with E-state index in [1.165, 1.54) is 7.11 Å². The molecule has 72 valence electrons. The topological polar surface area (TPSA) is 35.3 Å². The molecule has 0 bridgehead atoms. The van der Waals surface area contributed by atoms with Crippen LogP contribution in [-0.2, 0) is 0 Å². The Balaban J connectivity index is 2.48. The molecule has 0 saturated heterocycles. The highest BCUT2D eigenvalue weighted by molar-refractivity contribution is 6.34. The number of hydrogen-bond donors (Lipinski definition) is 0. The van der Waals surface area contributed by atoms with Gasteiger partial charge in [-0.2, -0.15) is 0 Å². The molecule has 0 fully saturated rings. The van der Waals surface area contributed by atoms with E-state index < -0.39 is 0 Å². The van der Waals surface area contributed by atoms with Crippen LogP contribution in [0.2, 0.25) is 5.02 Å². The first-order valence-electron chi connectivity index (χ1n) is 4.07. The first kappa shape index (κ1) is 9.09. The minimum atomic E-state index is 0.311. The van der Waals surface area contributed by atoms with Crippen LogP contribution in [0.5, 0.6) is 5.88 Å². The Morgan fingerprint density at radius 2 is 2.00 bits per heavy atom. The van der Waals surface area contributed by atoms with Crippen molar-refractivity contribution in [1.29, 1.82) is 0 Å². The molecule has 0 aliphatic rings. The van der Waals surface area contributed by atoms with E-state index in [9.17, 15) is 0 Å². The molecule has 0 radical (unpaired) electrons. The first-order chi connectivity index (χ1) is 6.83. The molecule has 0 aliphatic carbocycles. The van der Waals surface area contributed by atoms with Gasteiger partial charge in [0.15, 0.2) is 10.8 Å². The smallest absolute Gasteiger partial charge is 0.273 e. The van der Waals surface area contributed by atoms with E-state index >= 15 is 0 Å². The van der Waals surface area contributed by atoms with Gasteiger partial charge in [-0.05, 0) is 5.16 Å². The number of ether oxygens (including phenoxy) is 1. The summed E-state index contributed by atoms with van der Waals surface area (Å²) in [6, 6.07) is 9.52. The first-order valence-corrected chi connectivity index (χ1v) is 4.45. The number of methoxy groups -OCH3 is 1. The van der Waals surface area contributed by atoms with Crippen molar-refractivity contribution in [2.45, 2.75) is 0 Å². The number of hydrogen-bond acceptors (Lipinski definition) is 3. The summed E-state index contributed by atoms with van der Waals surface area (Å²) < 4.78 is 9.98. The van der Waals surface area contributed by atoms with E-state index in [1.807, 2.05) is 30.3 Å². The molecular weight excluding hydrogens is 202 g/mol. The van der Waals surface area contributed by atoms with Gasteiger partial charge in [0.05, 0.1) is 7.11 Å². The molecule has 0 atom stereocenters. The maximum atomic E-state index is 5.98. The molecule has 0 unspecified atom stereocenters. The second kappa shape index (κ2) is 3.72. The van der Waals surface area contributed by atoms with Gasteiger partial charge in [-0.15, -0.1) is 0 Å². The van der Waals surface area contributed by atoms with Crippen LogP contribution in [0.15, 0.2) is 34.9 Å². The van der Waals surface area contributed by atoms with Crippen LogP contribution in [0, 0.1) is 0 Å². The van der Waals surface area contributed by atoms with Crippen molar-refractivity contribution in [3.63, 3.8) is 0 Å². The van der Waals surface area contributed by atoms with E-state index in [0.717, 1.165) is 5.56 Å². The zero-order valence-corrected chi connectivity index (χ0v) is 8.28. The summed E-state index contributed by atoms with van der Waals surface area (Å²) in [7, 11) is 1.50. The maximum absolute atomic E-state index is 5.98. The summed E-state index contributed by atoms with van der Waals surface area (Å²) in [4.78, 5) is 0. The molecule has 0 amide bonds. The zero-order chi connectivity index (χ0) is 9.97. The summed E-state index contributed by atoms with van der Waals surface area (Å²) >= 11 is 5.98. The number of nitrogens with zero attached hydrogens (tertiary/aromatic N) is 1. The minimum Gasteiger partial charge on any atom is -0.478 e. The van der Waals surface area contributed by atoms with E-state index in [1.54, 1.807) is 0 Å². The molecule has 0 saturated carbocycles. The standard InChI is InChI=1S/C10H8ClNO2/c1-13-10-8(11)9(14-12-10)7-5-3-2-4-6-7/h2-6H,1H3. The lowest BCUT2D eigenvalue weighted by molar-refractivity contribution is 0.343. The Morgan fingerprint density at radius 1 is 1.29 bits per heavy atom. The van der Waals surface area contributed by atoms with Crippen molar-refractivity contribution in [1.82, 2.24) is 5.16 Å². The van der Waals surface area contributed by atoms with Crippen LogP contribution in [0.4, 0.5) is 0 Å². The van der Waals surface area contributed by atoms with E-state index in [4.69, 9.17) is 20.9 Å². The van der Waals surface area contributed by atoms with Crippen LogP contribution in [0.25, 0.3) is 11.3 Å². The third kappa shape index (κ3) is 1.46. The van der Waals surface area contributed by atoms with E-state index in [-0.39, 0.29) is 0 Å². The van der Waals surface area contributed by atoms with Gasteiger partial charge in [0.1, 0.15) is 0 Å². The lowest BCUT2D eigenvalue weighted by atomic mass is 10.2. The lowest BCUT2D eigenvalue weighted by Crippen LogP contribution is -1.81. The molecule has 1 heterocycles. The summed E-state index contributed by atoms with van der Waals surface area (Å²) in [6.45, 7) is 0. The molecule has 2 rings (SSSR count). The Bertz CT molecular complexity index is 425. The third-order valence-electron chi connectivity index (χ3n) is 1.84. The van der Waals surface area contributed by atoms with Gasteiger partial charge < -0.3 is 9.26 Å². The van der Waals surface area contributed by atoms with Gasteiger partial charge in [-0.25, -0.2) is 0 Å². The van der Waals surface area contributed by atoms with Gasteiger partial charge in [0.2, 0.25) is 0 Å². The Hall–Kier alpha value is -1.48. The van der Waals surface area contributed by atoms with E-state index in [2.05, 4.69) is 5.16 Å². The predicted molar refractivity (Wildman–Crippen MR) is 53.5 cm³/mol. The second-order valence-corrected chi connectivity index (χ2v) is 3.08. The van der Waals surface area contributed by atoms with Gasteiger partial charge >= 0.3 is 0 Å². The van der Waals surface area contributed by atoms with Gasteiger partial charge in [-0.3, -0.25) is 0 Å². The SMILES string of the molecule is COc1noc(-c2ccccc2)c1Cl. The predicted octanol–water partition coefficient (Wildman–Crippen LogP) is 3.00. The molecule has 14 heavy (non-hydrogen) atoms. The number of benzene rings is 1. The maximum Gasteiger partial charge on any atom is 0.273 e. The Morgan fingerprint density at radius 3 is 2.57 bits per heavy atom. The fraction of sp³-hybridized carbons (Fsp3) is 0.100. The van der Waals surface area contributed by atoms with Crippen molar-refractivity contribution in [3.05, 3.63) is 35.4 Å². The Labute approximate surface area is 86.2 Å². The van der Waals surface area contributed by atoms with Crippen molar-refractivity contribution < 1.29 is 9.26 Å². The third-order valence-corrected chi connectivity index (χ3v) is 2.17. The highest BCUT2D eigenvalue weighted by atomic mass is 35.5. The fourth-order valence-corrected chi connectivity index (χ4v) is 1.42. The van der Waals surface area contributed by atoms with Crippen LogP contribution in [0.3, 0.4) is 0 Å². The lowest BCUT2D eigenvalue weighted by Gasteiger charge is -1.94. The highest BCUT2D eigenvalue weighted by Crippen LogP contribution is 2.34. The van der Waals surface area contributed by atoms with Crippen LogP contribution in [0.1, 0.15) is 0 Å². The van der Waals surface area contributed by atoms with Gasteiger partial charge in [-0.1, -0.05) is 41.9 Å². The number of rotatable bonds is 2. The van der Waals surface area contributed by atoms with E-state index in [0.29, 0.717) is 16.7 Å². The van der Waals surface area contributed by atoms with Crippen LogP contribution >= 0.6 is 11.6 Å². The Kier molecular flexibility index (Phi) is 2.41. The van der Waals surface area contributed by atoms with Gasteiger partial charge in [0, 0.05) is 5.56 Å². The van der Waals surface area contributed by atoms with Crippen molar-refractivity contribution >= 4 is 11.6 Å². The summed E-state index contributed by atoms with van der Waals surface area (Å²) in [5.74, 6) is 0.842. The summed E-state index contributed by atoms with van der Waals surface area (Å²) in [5, 5.41) is 4.08. The molecular formula is C10H8ClNO2. The summed E-state index contributed by atoms with van der Waals surface area (Å²) in [6.07, 6.45) is 0. The quantitative estimate of drug-likeness (QED) is 0.763. The average molecular weight is 210 g/mol. The molecule has 0 N–H and O–H groups in total. The normalized spacial score (nSPS) is 10.1. The van der Waals surface area contributed by atoms with Crippen LogP contribution < -0.4 is 4.74 Å². The second-order valence-electron chi connectivity index (χ2n) is 2.70. The monoisotopic (exact) mass is 209 g/mol. The number of aromatic nitrogens is 1. The van der Waals surface area contributed by atoms with Crippen molar-refractivity contribution in [2.24, 2.45) is 0 Å².